The quantitative estimate of drug-likeness (QED) is 0.613. The number of sulfonamides is 1. The first-order chi connectivity index (χ1) is 16.3. The van der Waals surface area contributed by atoms with Gasteiger partial charge in [0.2, 0.25) is 21.8 Å². The van der Waals surface area contributed by atoms with Gasteiger partial charge in [-0.25, -0.2) is 8.42 Å². The van der Waals surface area contributed by atoms with E-state index in [4.69, 9.17) is 4.42 Å². The van der Waals surface area contributed by atoms with Crippen molar-refractivity contribution < 1.29 is 22.4 Å². The van der Waals surface area contributed by atoms with E-state index in [2.05, 4.69) is 10.2 Å². The second kappa shape index (κ2) is 9.79. The number of carbonyl (C=O) groups excluding carboxylic acids is 2. The first-order valence-corrected chi connectivity index (χ1v) is 13.2. The molecule has 0 saturated carbocycles. The van der Waals surface area contributed by atoms with Crippen molar-refractivity contribution in [1.29, 1.82) is 0 Å². The SMILES string of the molecule is CCN(CC)S(=O)(=O)c1ccc2c(c1)N(CC(=O)NCc1ccc(C)o1)C(=O)[C@@H]1CCCCN21. The Bertz CT molecular complexity index is 1170. The zero-order chi connectivity index (χ0) is 24.5. The monoisotopic (exact) mass is 488 g/mol. The standard InChI is InChI=1S/C24H32N4O5S/c1-4-26(5-2)34(31,32)19-11-12-20-22(14-19)28(24(30)21-8-6-7-13-27(20)21)16-23(29)25-15-18-10-9-17(3)33-18/h9-12,14,21H,4-8,13,15-16H2,1-3H3,(H,25,29)/t21-/m0/s1. The molecule has 3 heterocycles. The Balaban J connectivity index is 1.65. The van der Waals surface area contributed by atoms with Crippen molar-refractivity contribution in [3.05, 3.63) is 41.9 Å². The molecule has 1 saturated heterocycles. The van der Waals surface area contributed by atoms with Gasteiger partial charge in [-0.1, -0.05) is 13.8 Å². The van der Waals surface area contributed by atoms with Crippen molar-refractivity contribution >= 4 is 33.2 Å². The van der Waals surface area contributed by atoms with E-state index in [-0.39, 0.29) is 35.8 Å². The molecular formula is C24H32N4O5S. The first kappa shape index (κ1) is 24.3. The van der Waals surface area contributed by atoms with E-state index in [0.717, 1.165) is 30.8 Å². The average Bonchev–Trinajstić information content (AvgIpc) is 3.25. The molecule has 1 fully saturated rings. The Morgan fingerprint density at radius 3 is 2.59 bits per heavy atom. The summed E-state index contributed by atoms with van der Waals surface area (Å²) in [7, 11) is -3.71. The van der Waals surface area contributed by atoms with Crippen LogP contribution in [0.15, 0.2) is 39.6 Å². The Labute approximate surface area is 200 Å². The van der Waals surface area contributed by atoms with Crippen LogP contribution in [0.4, 0.5) is 11.4 Å². The third kappa shape index (κ3) is 4.56. The van der Waals surface area contributed by atoms with Gasteiger partial charge in [0.1, 0.15) is 24.1 Å². The molecule has 1 atom stereocenters. The molecule has 2 aliphatic rings. The highest BCUT2D eigenvalue weighted by Crippen LogP contribution is 2.41. The normalized spacial score (nSPS) is 18.1. The fourth-order valence-corrected chi connectivity index (χ4v) is 6.22. The summed E-state index contributed by atoms with van der Waals surface area (Å²) in [5, 5.41) is 2.80. The molecule has 184 valence electrons. The maximum absolute atomic E-state index is 13.5. The van der Waals surface area contributed by atoms with Gasteiger partial charge in [-0.2, -0.15) is 4.31 Å². The molecule has 34 heavy (non-hydrogen) atoms. The minimum absolute atomic E-state index is 0.120. The van der Waals surface area contributed by atoms with Crippen molar-refractivity contribution in [2.24, 2.45) is 0 Å². The average molecular weight is 489 g/mol. The van der Waals surface area contributed by atoms with E-state index in [1.807, 2.05) is 13.0 Å². The van der Waals surface area contributed by atoms with Gasteiger partial charge in [0.05, 0.1) is 22.8 Å². The molecule has 4 rings (SSSR count). The van der Waals surface area contributed by atoms with Crippen LogP contribution in [-0.2, 0) is 26.2 Å². The van der Waals surface area contributed by atoms with Crippen molar-refractivity contribution in [2.45, 2.75) is 57.5 Å². The van der Waals surface area contributed by atoms with Crippen molar-refractivity contribution in [1.82, 2.24) is 9.62 Å². The van der Waals surface area contributed by atoms with E-state index in [1.165, 1.54) is 15.3 Å². The fourth-order valence-electron chi connectivity index (χ4n) is 4.74. The van der Waals surface area contributed by atoms with Crippen LogP contribution in [0.25, 0.3) is 0 Å². The van der Waals surface area contributed by atoms with Gasteiger partial charge < -0.3 is 14.6 Å². The summed E-state index contributed by atoms with van der Waals surface area (Å²) >= 11 is 0. The van der Waals surface area contributed by atoms with Gasteiger partial charge in [0.15, 0.2) is 0 Å². The molecule has 1 aromatic heterocycles. The zero-order valence-electron chi connectivity index (χ0n) is 19.9. The predicted molar refractivity (Wildman–Crippen MR) is 129 cm³/mol. The summed E-state index contributed by atoms with van der Waals surface area (Å²) in [6.07, 6.45) is 2.61. The lowest BCUT2D eigenvalue weighted by atomic mass is 9.96. The van der Waals surface area contributed by atoms with Gasteiger partial charge in [-0.3, -0.25) is 14.5 Å². The molecule has 2 aliphatic heterocycles. The van der Waals surface area contributed by atoms with Crippen LogP contribution in [0, 0.1) is 6.92 Å². The number of nitrogens with zero attached hydrogens (tertiary/aromatic N) is 3. The molecule has 0 unspecified atom stereocenters. The van der Waals surface area contributed by atoms with E-state index >= 15 is 0 Å². The fraction of sp³-hybridized carbons (Fsp3) is 0.500. The van der Waals surface area contributed by atoms with Crippen molar-refractivity contribution in [3.8, 4) is 0 Å². The Morgan fingerprint density at radius 1 is 1.15 bits per heavy atom. The first-order valence-electron chi connectivity index (χ1n) is 11.8. The van der Waals surface area contributed by atoms with Crippen LogP contribution in [-0.4, -0.2) is 56.8 Å². The molecular weight excluding hydrogens is 456 g/mol. The smallest absolute Gasteiger partial charge is 0.250 e. The minimum atomic E-state index is -3.71. The summed E-state index contributed by atoms with van der Waals surface area (Å²) in [5.74, 6) is 0.870. The number of aryl methyl sites for hydroxylation is 1. The number of nitrogens with one attached hydrogen (secondary N) is 1. The summed E-state index contributed by atoms with van der Waals surface area (Å²) < 4.78 is 33.2. The number of hydrogen-bond donors (Lipinski definition) is 1. The summed E-state index contributed by atoms with van der Waals surface area (Å²) in [5.41, 5.74) is 1.25. The molecule has 9 nitrogen and oxygen atoms in total. The highest BCUT2D eigenvalue weighted by Gasteiger charge is 2.40. The minimum Gasteiger partial charge on any atom is -0.465 e. The zero-order valence-corrected chi connectivity index (χ0v) is 20.7. The second-order valence-electron chi connectivity index (χ2n) is 8.66. The third-order valence-electron chi connectivity index (χ3n) is 6.50. The van der Waals surface area contributed by atoms with Gasteiger partial charge in [-0.15, -0.1) is 0 Å². The summed E-state index contributed by atoms with van der Waals surface area (Å²) in [4.78, 5) is 29.9. The molecule has 2 amide bonds. The Kier molecular flexibility index (Phi) is 6.99. The van der Waals surface area contributed by atoms with Crippen molar-refractivity contribution in [2.75, 3.05) is 36.0 Å². The lowest BCUT2D eigenvalue weighted by molar-refractivity contribution is -0.125. The number of carbonyl (C=O) groups is 2. The number of rotatable bonds is 8. The topological polar surface area (TPSA) is 103 Å². The lowest BCUT2D eigenvalue weighted by Crippen LogP contribution is -2.57. The molecule has 1 aromatic carbocycles. The summed E-state index contributed by atoms with van der Waals surface area (Å²) in [6.45, 7) is 6.86. The summed E-state index contributed by atoms with van der Waals surface area (Å²) in [6, 6.07) is 8.18. The van der Waals surface area contributed by atoms with Gasteiger partial charge >= 0.3 is 0 Å². The molecule has 0 radical (unpaired) electrons. The maximum atomic E-state index is 13.5. The molecule has 0 bridgehead atoms. The molecule has 2 aromatic rings. The number of amides is 2. The number of hydrogen-bond acceptors (Lipinski definition) is 6. The van der Waals surface area contributed by atoms with Crippen molar-refractivity contribution in [3.63, 3.8) is 0 Å². The van der Waals surface area contributed by atoms with Gasteiger partial charge in [0, 0.05) is 19.6 Å². The van der Waals surface area contributed by atoms with Crippen LogP contribution in [0.1, 0.15) is 44.6 Å². The van der Waals surface area contributed by atoms with Gasteiger partial charge in [0.25, 0.3) is 0 Å². The van der Waals surface area contributed by atoms with Crippen LogP contribution in [0.2, 0.25) is 0 Å². The van der Waals surface area contributed by atoms with E-state index in [0.29, 0.717) is 31.0 Å². The second-order valence-corrected chi connectivity index (χ2v) is 10.6. The lowest BCUT2D eigenvalue weighted by Gasteiger charge is -2.45. The molecule has 0 aliphatic carbocycles. The number of anilines is 2. The molecule has 10 heteroatoms. The largest absolute Gasteiger partial charge is 0.465 e. The molecule has 0 spiro atoms. The predicted octanol–water partition coefficient (Wildman–Crippen LogP) is 2.64. The highest BCUT2D eigenvalue weighted by molar-refractivity contribution is 7.89. The Hall–Kier alpha value is -2.85. The van der Waals surface area contributed by atoms with E-state index in [9.17, 15) is 18.0 Å². The van der Waals surface area contributed by atoms with Crippen LogP contribution in [0.3, 0.4) is 0 Å². The van der Waals surface area contributed by atoms with Crippen LogP contribution >= 0.6 is 0 Å². The van der Waals surface area contributed by atoms with E-state index in [1.54, 1.807) is 32.0 Å². The number of benzene rings is 1. The highest BCUT2D eigenvalue weighted by atomic mass is 32.2. The molecule has 1 N–H and O–H groups in total. The van der Waals surface area contributed by atoms with Gasteiger partial charge in [-0.05, 0) is 56.5 Å². The number of piperidine rings is 1. The maximum Gasteiger partial charge on any atom is 0.250 e. The number of fused-ring (bicyclic) bond motifs is 3. The van der Waals surface area contributed by atoms with E-state index < -0.39 is 10.0 Å². The third-order valence-corrected chi connectivity index (χ3v) is 8.55. The van der Waals surface area contributed by atoms with Crippen LogP contribution in [0.5, 0.6) is 0 Å². The number of furan rings is 1. The van der Waals surface area contributed by atoms with Crippen LogP contribution < -0.4 is 15.1 Å². The Morgan fingerprint density at radius 2 is 1.91 bits per heavy atom.